The summed E-state index contributed by atoms with van der Waals surface area (Å²) in [6.07, 6.45) is 11.6. The highest BCUT2D eigenvalue weighted by Gasteiger charge is 2.15. The van der Waals surface area contributed by atoms with Crippen molar-refractivity contribution in [3.63, 3.8) is 0 Å². The highest BCUT2D eigenvalue weighted by Crippen LogP contribution is 2.22. The third-order valence-corrected chi connectivity index (χ3v) is 3.64. The molecule has 0 heterocycles. The highest BCUT2D eigenvalue weighted by atomic mass is 15.2. The SMILES string of the molecule is CC1CCCCC1=NN=C1CCCCC1. The van der Waals surface area contributed by atoms with E-state index in [2.05, 4.69) is 17.1 Å². The molecule has 2 heteroatoms. The Morgan fingerprint density at radius 2 is 1.60 bits per heavy atom. The van der Waals surface area contributed by atoms with Crippen molar-refractivity contribution in [3.05, 3.63) is 0 Å². The van der Waals surface area contributed by atoms with Crippen LogP contribution in [0.5, 0.6) is 0 Å². The second-order valence-corrected chi connectivity index (χ2v) is 4.97. The van der Waals surface area contributed by atoms with Crippen molar-refractivity contribution < 1.29 is 0 Å². The first kappa shape index (κ1) is 10.8. The van der Waals surface area contributed by atoms with E-state index in [1.54, 1.807) is 0 Å². The minimum Gasteiger partial charge on any atom is -0.160 e. The lowest BCUT2D eigenvalue weighted by atomic mass is 9.89. The Labute approximate surface area is 92.9 Å². The van der Waals surface area contributed by atoms with Crippen LogP contribution in [-0.2, 0) is 0 Å². The Balaban J connectivity index is 1.95. The lowest BCUT2D eigenvalue weighted by Crippen LogP contribution is -2.16. The van der Waals surface area contributed by atoms with Crippen LogP contribution < -0.4 is 0 Å². The van der Waals surface area contributed by atoms with Crippen molar-refractivity contribution in [1.29, 1.82) is 0 Å². The first-order valence-electron chi connectivity index (χ1n) is 6.48. The zero-order valence-corrected chi connectivity index (χ0v) is 9.84. The summed E-state index contributed by atoms with van der Waals surface area (Å²) in [4.78, 5) is 0. The maximum Gasteiger partial charge on any atom is 0.0433 e. The molecule has 0 N–H and O–H groups in total. The molecular weight excluding hydrogens is 184 g/mol. The van der Waals surface area contributed by atoms with Crippen LogP contribution in [0.15, 0.2) is 10.2 Å². The van der Waals surface area contributed by atoms with Crippen LogP contribution in [-0.4, -0.2) is 11.4 Å². The summed E-state index contributed by atoms with van der Waals surface area (Å²) in [7, 11) is 0. The number of nitrogens with zero attached hydrogens (tertiary/aromatic N) is 2. The average Bonchev–Trinajstić information content (AvgIpc) is 2.29. The van der Waals surface area contributed by atoms with Gasteiger partial charge in [0.15, 0.2) is 0 Å². The molecule has 1 atom stereocenters. The van der Waals surface area contributed by atoms with Gasteiger partial charge in [-0.15, -0.1) is 0 Å². The quantitative estimate of drug-likeness (QED) is 0.580. The summed E-state index contributed by atoms with van der Waals surface area (Å²) in [5.41, 5.74) is 2.69. The van der Waals surface area contributed by atoms with Crippen molar-refractivity contribution in [1.82, 2.24) is 0 Å². The predicted molar refractivity (Wildman–Crippen MR) is 65.6 cm³/mol. The van der Waals surface area contributed by atoms with Crippen LogP contribution in [0.3, 0.4) is 0 Å². The Kier molecular flexibility index (Phi) is 3.93. The maximum absolute atomic E-state index is 4.49. The van der Waals surface area contributed by atoms with Gasteiger partial charge in [0, 0.05) is 11.4 Å². The molecule has 84 valence electrons. The molecule has 1 unspecified atom stereocenters. The molecular formula is C13H22N2. The topological polar surface area (TPSA) is 24.7 Å². The van der Waals surface area contributed by atoms with Crippen LogP contribution in [0.4, 0.5) is 0 Å². The fourth-order valence-electron chi connectivity index (χ4n) is 2.51. The Morgan fingerprint density at radius 3 is 2.33 bits per heavy atom. The van der Waals surface area contributed by atoms with Crippen LogP contribution in [0.25, 0.3) is 0 Å². The van der Waals surface area contributed by atoms with Crippen molar-refractivity contribution >= 4 is 11.4 Å². The summed E-state index contributed by atoms with van der Waals surface area (Å²) < 4.78 is 0. The molecule has 2 rings (SSSR count). The van der Waals surface area contributed by atoms with Gasteiger partial charge >= 0.3 is 0 Å². The summed E-state index contributed by atoms with van der Waals surface area (Å²) in [5.74, 6) is 0.673. The van der Waals surface area contributed by atoms with Crippen molar-refractivity contribution in [3.8, 4) is 0 Å². The Bertz CT molecular complexity index is 258. The van der Waals surface area contributed by atoms with Crippen LogP contribution >= 0.6 is 0 Å². The van der Waals surface area contributed by atoms with Gasteiger partial charge in [0.1, 0.15) is 0 Å². The molecule has 0 aliphatic heterocycles. The first-order chi connectivity index (χ1) is 7.36. The minimum atomic E-state index is 0.673. The molecule has 2 fully saturated rings. The van der Waals surface area contributed by atoms with Crippen molar-refractivity contribution in [2.24, 2.45) is 16.1 Å². The average molecular weight is 206 g/mol. The molecule has 0 aromatic carbocycles. The third kappa shape index (κ3) is 3.15. The smallest absolute Gasteiger partial charge is 0.0433 e. The second-order valence-electron chi connectivity index (χ2n) is 4.97. The second kappa shape index (κ2) is 5.43. The normalized spacial score (nSPS) is 30.6. The van der Waals surface area contributed by atoms with Crippen LogP contribution in [0.2, 0.25) is 0 Å². The van der Waals surface area contributed by atoms with Crippen molar-refractivity contribution in [2.75, 3.05) is 0 Å². The van der Waals surface area contributed by atoms with Gasteiger partial charge in [0.05, 0.1) is 0 Å². The molecule has 0 aromatic rings. The standard InChI is InChI=1S/C13H22N2/c1-11-7-5-6-10-13(11)15-14-12-8-3-2-4-9-12/h11H,2-10H2,1H3. The van der Waals surface area contributed by atoms with E-state index in [0.29, 0.717) is 5.92 Å². The fourth-order valence-corrected chi connectivity index (χ4v) is 2.51. The summed E-state index contributed by atoms with van der Waals surface area (Å²) in [6.45, 7) is 2.29. The highest BCUT2D eigenvalue weighted by molar-refractivity contribution is 5.89. The van der Waals surface area contributed by atoms with E-state index < -0.39 is 0 Å². The lowest BCUT2D eigenvalue weighted by molar-refractivity contribution is 0.557. The molecule has 2 aliphatic rings. The van der Waals surface area contributed by atoms with Crippen LogP contribution in [0.1, 0.15) is 64.7 Å². The van der Waals surface area contributed by atoms with Gasteiger partial charge in [-0.2, -0.15) is 10.2 Å². The summed E-state index contributed by atoms with van der Waals surface area (Å²) >= 11 is 0. The molecule has 0 aromatic heterocycles. The molecule has 0 radical (unpaired) electrons. The van der Waals surface area contributed by atoms with Gasteiger partial charge in [0.2, 0.25) is 0 Å². The van der Waals surface area contributed by atoms with Gasteiger partial charge in [-0.05, 0) is 50.9 Å². The van der Waals surface area contributed by atoms with E-state index in [1.807, 2.05) is 0 Å². The monoisotopic (exact) mass is 206 g/mol. The molecule has 0 saturated heterocycles. The molecule has 2 nitrogen and oxygen atoms in total. The van der Waals surface area contributed by atoms with E-state index in [9.17, 15) is 0 Å². The first-order valence-corrected chi connectivity index (χ1v) is 6.48. The van der Waals surface area contributed by atoms with Crippen LogP contribution in [0, 0.1) is 5.92 Å². The number of rotatable bonds is 1. The van der Waals surface area contributed by atoms with Gasteiger partial charge in [0.25, 0.3) is 0 Å². The van der Waals surface area contributed by atoms with E-state index in [1.165, 1.54) is 69.2 Å². The van der Waals surface area contributed by atoms with E-state index in [0.717, 1.165) is 0 Å². The zero-order chi connectivity index (χ0) is 10.5. The fraction of sp³-hybridized carbons (Fsp3) is 0.846. The molecule has 0 amide bonds. The molecule has 0 spiro atoms. The molecule has 2 aliphatic carbocycles. The maximum atomic E-state index is 4.49. The predicted octanol–water partition coefficient (Wildman–Crippen LogP) is 3.96. The van der Waals surface area contributed by atoms with Crippen molar-refractivity contribution in [2.45, 2.75) is 64.7 Å². The summed E-state index contributed by atoms with van der Waals surface area (Å²) in [5, 5.41) is 8.95. The van der Waals surface area contributed by atoms with Gasteiger partial charge in [-0.3, -0.25) is 0 Å². The molecule has 15 heavy (non-hydrogen) atoms. The third-order valence-electron chi connectivity index (χ3n) is 3.64. The Morgan fingerprint density at radius 1 is 0.867 bits per heavy atom. The van der Waals surface area contributed by atoms with Gasteiger partial charge < -0.3 is 0 Å². The largest absolute Gasteiger partial charge is 0.160 e. The molecule has 0 bridgehead atoms. The van der Waals surface area contributed by atoms with E-state index in [4.69, 9.17) is 0 Å². The lowest BCUT2D eigenvalue weighted by Gasteiger charge is -2.19. The zero-order valence-electron chi connectivity index (χ0n) is 9.84. The summed E-state index contributed by atoms with van der Waals surface area (Å²) in [6, 6.07) is 0. The molecule has 2 saturated carbocycles. The van der Waals surface area contributed by atoms with Gasteiger partial charge in [-0.25, -0.2) is 0 Å². The van der Waals surface area contributed by atoms with E-state index in [-0.39, 0.29) is 0 Å². The number of hydrogen-bond acceptors (Lipinski definition) is 2. The number of hydrogen-bond donors (Lipinski definition) is 0. The van der Waals surface area contributed by atoms with Gasteiger partial charge in [-0.1, -0.05) is 19.8 Å². The minimum absolute atomic E-state index is 0.673. The van der Waals surface area contributed by atoms with E-state index >= 15 is 0 Å². The Hall–Kier alpha value is -0.660.